The van der Waals surface area contributed by atoms with Crippen molar-refractivity contribution >= 4 is 11.6 Å². The molecule has 1 amide bonds. The van der Waals surface area contributed by atoms with Gasteiger partial charge in [0.05, 0.1) is 5.69 Å². The molecule has 5 nitrogen and oxygen atoms in total. The van der Waals surface area contributed by atoms with Gasteiger partial charge in [-0.3, -0.25) is 4.79 Å². The molecule has 19 heavy (non-hydrogen) atoms. The van der Waals surface area contributed by atoms with Crippen molar-refractivity contribution in [3.05, 3.63) is 55.0 Å². The van der Waals surface area contributed by atoms with Crippen LogP contribution in [0.2, 0.25) is 0 Å². The van der Waals surface area contributed by atoms with Gasteiger partial charge >= 0.3 is 0 Å². The summed E-state index contributed by atoms with van der Waals surface area (Å²) in [6, 6.07) is 3.50. The molecule has 0 spiro atoms. The van der Waals surface area contributed by atoms with E-state index < -0.39 is 0 Å². The van der Waals surface area contributed by atoms with E-state index in [0.29, 0.717) is 24.4 Å². The smallest absolute Gasteiger partial charge is 0.273 e. The van der Waals surface area contributed by atoms with Gasteiger partial charge in [0.15, 0.2) is 5.65 Å². The van der Waals surface area contributed by atoms with Gasteiger partial charge in [-0.25, -0.2) is 9.50 Å². The van der Waals surface area contributed by atoms with Crippen LogP contribution in [0.3, 0.4) is 0 Å². The number of fused-ring (bicyclic) bond motifs is 1. The molecule has 98 valence electrons. The van der Waals surface area contributed by atoms with Crippen molar-refractivity contribution in [3.8, 4) is 0 Å². The maximum Gasteiger partial charge on any atom is 0.273 e. The van der Waals surface area contributed by atoms with Gasteiger partial charge in [0.25, 0.3) is 5.91 Å². The van der Waals surface area contributed by atoms with Crippen molar-refractivity contribution in [1.82, 2.24) is 19.5 Å². The second kappa shape index (κ2) is 5.48. The first-order valence-corrected chi connectivity index (χ1v) is 6.00. The molecule has 2 aromatic rings. The van der Waals surface area contributed by atoms with Crippen molar-refractivity contribution in [3.63, 3.8) is 0 Å². The highest BCUT2D eigenvalue weighted by atomic mass is 16.2. The molecule has 0 aliphatic rings. The number of hydrogen-bond donors (Lipinski definition) is 0. The van der Waals surface area contributed by atoms with E-state index in [4.69, 9.17) is 0 Å². The average molecular weight is 256 g/mol. The Labute approximate surface area is 111 Å². The van der Waals surface area contributed by atoms with Crippen molar-refractivity contribution in [2.75, 3.05) is 13.1 Å². The number of hydrogen-bond acceptors (Lipinski definition) is 3. The van der Waals surface area contributed by atoms with Gasteiger partial charge in [0.1, 0.15) is 5.69 Å². The summed E-state index contributed by atoms with van der Waals surface area (Å²) in [5, 5.41) is 4.29. The van der Waals surface area contributed by atoms with Crippen molar-refractivity contribution in [2.45, 2.75) is 6.92 Å². The molecule has 0 aliphatic carbocycles. The monoisotopic (exact) mass is 256 g/mol. The number of aryl methyl sites for hydroxylation is 1. The number of rotatable bonds is 5. The molecular formula is C14H16N4O. The van der Waals surface area contributed by atoms with Gasteiger partial charge in [0.2, 0.25) is 0 Å². The Morgan fingerprint density at radius 2 is 2.11 bits per heavy atom. The summed E-state index contributed by atoms with van der Waals surface area (Å²) in [6.07, 6.45) is 4.99. The lowest BCUT2D eigenvalue weighted by molar-refractivity contribution is 0.0782. The zero-order valence-corrected chi connectivity index (χ0v) is 10.9. The molecule has 0 atom stereocenters. The predicted octanol–water partition coefficient (Wildman–Crippen LogP) is 1.85. The molecule has 2 heterocycles. The number of carbonyl (C=O) groups is 1. The lowest BCUT2D eigenvalue weighted by Crippen LogP contribution is -2.32. The highest BCUT2D eigenvalue weighted by molar-refractivity contribution is 5.93. The van der Waals surface area contributed by atoms with Gasteiger partial charge in [-0.2, -0.15) is 5.10 Å². The summed E-state index contributed by atoms with van der Waals surface area (Å²) in [6.45, 7) is 10.1. The molecule has 0 aliphatic heterocycles. The summed E-state index contributed by atoms with van der Waals surface area (Å²) in [5.74, 6) is -0.115. The van der Waals surface area contributed by atoms with E-state index in [-0.39, 0.29) is 5.91 Å². The average Bonchev–Trinajstić information content (AvgIpc) is 2.77. The number of amides is 1. The fraction of sp³-hybridized carbons (Fsp3) is 0.214. The second-order valence-electron chi connectivity index (χ2n) is 4.17. The standard InChI is InChI=1S/C14H16N4O/c1-4-8-17(9-5-2)14(19)12-6-7-15-13-10-11(3)16-18(12)13/h4-7,10H,1-2,8-9H2,3H3. The third kappa shape index (κ3) is 2.54. The molecule has 0 fully saturated rings. The summed E-state index contributed by atoms with van der Waals surface area (Å²) in [5.41, 5.74) is 1.98. The predicted molar refractivity (Wildman–Crippen MR) is 74.0 cm³/mol. The molecule has 0 saturated heterocycles. The number of nitrogens with zero attached hydrogens (tertiary/aromatic N) is 4. The summed E-state index contributed by atoms with van der Waals surface area (Å²) >= 11 is 0. The van der Waals surface area contributed by atoms with Crippen LogP contribution in [0, 0.1) is 6.92 Å². The van der Waals surface area contributed by atoms with Crippen molar-refractivity contribution < 1.29 is 4.79 Å². The molecular weight excluding hydrogens is 240 g/mol. The third-order valence-corrected chi connectivity index (χ3v) is 2.69. The Morgan fingerprint density at radius 1 is 1.42 bits per heavy atom. The van der Waals surface area contributed by atoms with Gasteiger partial charge in [-0.05, 0) is 13.0 Å². The van der Waals surface area contributed by atoms with Crippen LogP contribution in [-0.4, -0.2) is 38.5 Å². The van der Waals surface area contributed by atoms with Gasteiger partial charge in [-0.1, -0.05) is 12.2 Å². The molecule has 2 rings (SSSR count). The normalized spacial score (nSPS) is 10.4. The Morgan fingerprint density at radius 3 is 2.74 bits per heavy atom. The third-order valence-electron chi connectivity index (χ3n) is 2.69. The van der Waals surface area contributed by atoms with E-state index in [1.807, 2.05) is 13.0 Å². The van der Waals surface area contributed by atoms with E-state index in [1.165, 1.54) is 0 Å². The van der Waals surface area contributed by atoms with Crippen molar-refractivity contribution in [2.24, 2.45) is 0 Å². The first-order chi connectivity index (χ1) is 9.17. The van der Waals surface area contributed by atoms with E-state index in [0.717, 1.165) is 5.69 Å². The van der Waals surface area contributed by atoms with Gasteiger partial charge in [0, 0.05) is 25.4 Å². The molecule has 0 N–H and O–H groups in total. The Hall–Kier alpha value is -2.43. The van der Waals surface area contributed by atoms with E-state index in [2.05, 4.69) is 23.2 Å². The fourth-order valence-corrected chi connectivity index (χ4v) is 1.89. The molecule has 2 aromatic heterocycles. The van der Waals surface area contributed by atoms with Crippen LogP contribution >= 0.6 is 0 Å². The topological polar surface area (TPSA) is 50.5 Å². The van der Waals surface area contributed by atoms with Gasteiger partial charge in [-0.15, -0.1) is 13.2 Å². The van der Waals surface area contributed by atoms with E-state index >= 15 is 0 Å². The minimum absolute atomic E-state index is 0.115. The summed E-state index contributed by atoms with van der Waals surface area (Å²) in [7, 11) is 0. The van der Waals surface area contributed by atoms with Crippen LogP contribution < -0.4 is 0 Å². The summed E-state index contributed by atoms with van der Waals surface area (Å²) < 4.78 is 1.57. The highest BCUT2D eigenvalue weighted by Gasteiger charge is 2.17. The van der Waals surface area contributed by atoms with Crippen LogP contribution in [0.1, 0.15) is 16.2 Å². The van der Waals surface area contributed by atoms with Crippen LogP contribution in [0.15, 0.2) is 43.6 Å². The van der Waals surface area contributed by atoms with Crippen LogP contribution in [-0.2, 0) is 0 Å². The summed E-state index contributed by atoms with van der Waals surface area (Å²) in [4.78, 5) is 18.3. The zero-order valence-electron chi connectivity index (χ0n) is 10.9. The maximum absolute atomic E-state index is 12.5. The minimum Gasteiger partial charge on any atom is -0.330 e. The van der Waals surface area contributed by atoms with Crippen LogP contribution in [0.5, 0.6) is 0 Å². The highest BCUT2D eigenvalue weighted by Crippen LogP contribution is 2.09. The lowest BCUT2D eigenvalue weighted by atomic mass is 10.3. The maximum atomic E-state index is 12.5. The fourth-order valence-electron chi connectivity index (χ4n) is 1.89. The number of carbonyl (C=O) groups excluding carboxylic acids is 1. The first-order valence-electron chi connectivity index (χ1n) is 6.00. The molecule has 0 radical (unpaired) electrons. The second-order valence-corrected chi connectivity index (χ2v) is 4.17. The van der Waals surface area contributed by atoms with Gasteiger partial charge < -0.3 is 4.90 Å². The minimum atomic E-state index is -0.115. The van der Waals surface area contributed by atoms with E-state index in [1.54, 1.807) is 33.8 Å². The Bertz CT molecular complexity index is 619. The Balaban J connectivity index is 2.44. The molecule has 0 bridgehead atoms. The molecule has 0 saturated carbocycles. The SMILES string of the molecule is C=CCN(CC=C)C(=O)c1ccnc2cc(C)nn12. The lowest BCUT2D eigenvalue weighted by Gasteiger charge is -2.19. The first kappa shape index (κ1) is 13.0. The zero-order chi connectivity index (χ0) is 13.8. The number of aromatic nitrogens is 3. The molecule has 0 aromatic carbocycles. The quantitative estimate of drug-likeness (QED) is 0.767. The van der Waals surface area contributed by atoms with E-state index in [9.17, 15) is 4.79 Å². The molecule has 0 unspecified atom stereocenters. The van der Waals surface area contributed by atoms with Crippen molar-refractivity contribution in [1.29, 1.82) is 0 Å². The van der Waals surface area contributed by atoms with Crippen LogP contribution in [0.25, 0.3) is 5.65 Å². The van der Waals surface area contributed by atoms with Crippen LogP contribution in [0.4, 0.5) is 0 Å². The largest absolute Gasteiger partial charge is 0.330 e. The Kier molecular flexibility index (Phi) is 3.75. The molecule has 5 heteroatoms.